The van der Waals surface area contributed by atoms with Crippen LogP contribution in [0.15, 0.2) is 41.8 Å². The Bertz CT molecular complexity index is 596. The third-order valence-electron chi connectivity index (χ3n) is 2.85. The van der Waals surface area contributed by atoms with Gasteiger partial charge in [0.25, 0.3) is 0 Å². The fraction of sp³-hybridized carbons (Fsp3) is 0.308. The molecule has 0 saturated heterocycles. The number of alkyl halides is 1. The monoisotopic (exact) mass is 299 g/mol. The van der Waals surface area contributed by atoms with Crippen molar-refractivity contribution in [3.63, 3.8) is 0 Å². The van der Waals surface area contributed by atoms with Crippen molar-refractivity contribution in [3.05, 3.63) is 41.8 Å². The van der Waals surface area contributed by atoms with Crippen LogP contribution in [0.2, 0.25) is 0 Å². The first-order valence-electron chi connectivity index (χ1n) is 5.84. The molecular formula is C13H14ClNO3S. The van der Waals surface area contributed by atoms with Crippen LogP contribution in [0.1, 0.15) is 6.92 Å². The second-order valence-corrected chi connectivity index (χ2v) is 6.97. The van der Waals surface area contributed by atoms with E-state index in [4.69, 9.17) is 11.6 Å². The Morgan fingerprint density at radius 2 is 2.00 bits per heavy atom. The van der Waals surface area contributed by atoms with Crippen molar-refractivity contribution in [1.29, 1.82) is 0 Å². The molecule has 1 aromatic rings. The Morgan fingerprint density at radius 1 is 1.37 bits per heavy atom. The minimum atomic E-state index is -3.23. The number of halogens is 1. The molecule has 0 spiro atoms. The van der Waals surface area contributed by atoms with Gasteiger partial charge >= 0.3 is 0 Å². The lowest BCUT2D eigenvalue weighted by Gasteiger charge is -2.28. The van der Waals surface area contributed by atoms with E-state index in [2.05, 4.69) is 0 Å². The van der Waals surface area contributed by atoms with Crippen LogP contribution in [-0.4, -0.2) is 31.5 Å². The van der Waals surface area contributed by atoms with E-state index < -0.39 is 21.3 Å². The molecule has 0 aliphatic carbocycles. The zero-order valence-corrected chi connectivity index (χ0v) is 11.9. The first-order chi connectivity index (χ1) is 8.91. The van der Waals surface area contributed by atoms with Crippen LogP contribution in [0.25, 0.3) is 0 Å². The summed E-state index contributed by atoms with van der Waals surface area (Å²) in [6, 6.07) is 8.44. The van der Waals surface area contributed by atoms with Crippen LogP contribution >= 0.6 is 11.6 Å². The molecule has 2 atom stereocenters. The van der Waals surface area contributed by atoms with E-state index in [0.29, 0.717) is 5.69 Å². The number of hydrogen-bond acceptors (Lipinski definition) is 3. The highest BCUT2D eigenvalue weighted by Crippen LogP contribution is 2.24. The van der Waals surface area contributed by atoms with E-state index in [9.17, 15) is 13.2 Å². The molecule has 6 heteroatoms. The van der Waals surface area contributed by atoms with Crippen LogP contribution in [0.4, 0.5) is 5.69 Å². The zero-order valence-electron chi connectivity index (χ0n) is 10.4. The molecule has 0 N–H and O–H groups in total. The van der Waals surface area contributed by atoms with E-state index in [-0.39, 0.29) is 11.7 Å². The number of sulfone groups is 1. The molecule has 102 valence electrons. The molecule has 0 radical (unpaired) electrons. The van der Waals surface area contributed by atoms with Gasteiger partial charge in [-0.25, -0.2) is 8.42 Å². The minimum Gasteiger partial charge on any atom is -0.303 e. The Kier molecular flexibility index (Phi) is 3.96. The summed E-state index contributed by atoms with van der Waals surface area (Å²) in [4.78, 5) is 13.6. The van der Waals surface area contributed by atoms with Gasteiger partial charge in [0.1, 0.15) is 5.38 Å². The van der Waals surface area contributed by atoms with E-state index in [1.807, 2.05) is 6.07 Å². The van der Waals surface area contributed by atoms with E-state index >= 15 is 0 Å². The fourth-order valence-corrected chi connectivity index (χ4v) is 3.36. The predicted molar refractivity (Wildman–Crippen MR) is 76.0 cm³/mol. The highest BCUT2D eigenvalue weighted by atomic mass is 35.5. The van der Waals surface area contributed by atoms with Gasteiger partial charge < -0.3 is 4.90 Å². The molecule has 1 aliphatic rings. The number of rotatable bonds is 3. The molecule has 19 heavy (non-hydrogen) atoms. The van der Waals surface area contributed by atoms with Gasteiger partial charge in [0.2, 0.25) is 5.91 Å². The summed E-state index contributed by atoms with van der Waals surface area (Å²) in [5.41, 5.74) is 0.645. The SMILES string of the molecule is CC(Cl)C(=O)N(c1ccccc1)C1C=CS(=O)(=O)C1. The largest absolute Gasteiger partial charge is 0.303 e. The van der Waals surface area contributed by atoms with Crippen LogP contribution in [0.3, 0.4) is 0 Å². The number of carbonyl (C=O) groups is 1. The zero-order chi connectivity index (χ0) is 14.0. The molecule has 1 aliphatic heterocycles. The molecule has 0 fully saturated rings. The maximum atomic E-state index is 12.2. The summed E-state index contributed by atoms with van der Waals surface area (Å²) < 4.78 is 23.0. The lowest BCUT2D eigenvalue weighted by molar-refractivity contribution is -0.118. The quantitative estimate of drug-likeness (QED) is 0.802. The molecular weight excluding hydrogens is 286 g/mol. The summed E-state index contributed by atoms with van der Waals surface area (Å²) in [7, 11) is -3.23. The van der Waals surface area contributed by atoms with Crippen molar-refractivity contribution < 1.29 is 13.2 Å². The van der Waals surface area contributed by atoms with Gasteiger partial charge in [-0.1, -0.05) is 18.2 Å². The van der Waals surface area contributed by atoms with Crippen LogP contribution < -0.4 is 4.90 Å². The average molecular weight is 300 g/mol. The number of hydrogen-bond donors (Lipinski definition) is 0. The van der Waals surface area contributed by atoms with Gasteiger partial charge in [-0.2, -0.15) is 0 Å². The van der Waals surface area contributed by atoms with E-state index in [1.165, 1.54) is 11.0 Å². The van der Waals surface area contributed by atoms with Crippen molar-refractivity contribution >= 4 is 33.0 Å². The van der Waals surface area contributed by atoms with Crippen molar-refractivity contribution in [1.82, 2.24) is 0 Å². The van der Waals surface area contributed by atoms with Crippen LogP contribution in [0, 0.1) is 0 Å². The van der Waals surface area contributed by atoms with Crippen molar-refractivity contribution in [3.8, 4) is 0 Å². The van der Waals surface area contributed by atoms with Gasteiger partial charge in [0.05, 0.1) is 11.8 Å². The highest BCUT2D eigenvalue weighted by Gasteiger charge is 2.32. The number of anilines is 1. The number of nitrogens with zero attached hydrogens (tertiary/aromatic N) is 1. The molecule has 1 heterocycles. The lowest BCUT2D eigenvalue weighted by atomic mass is 10.2. The summed E-state index contributed by atoms with van der Waals surface area (Å²) in [6.45, 7) is 1.58. The molecule has 4 nitrogen and oxygen atoms in total. The normalized spacial score (nSPS) is 22.1. The average Bonchev–Trinajstić information content (AvgIpc) is 2.71. The van der Waals surface area contributed by atoms with Gasteiger partial charge in [-0.05, 0) is 25.1 Å². The summed E-state index contributed by atoms with van der Waals surface area (Å²) in [5.74, 6) is -0.406. The first-order valence-corrected chi connectivity index (χ1v) is 7.99. The smallest absolute Gasteiger partial charge is 0.245 e. The molecule has 2 unspecified atom stereocenters. The van der Waals surface area contributed by atoms with Crippen molar-refractivity contribution in [2.24, 2.45) is 0 Å². The second kappa shape index (κ2) is 5.35. The Hall–Kier alpha value is -1.33. The fourth-order valence-electron chi connectivity index (χ4n) is 1.98. The second-order valence-electron chi connectivity index (χ2n) is 4.39. The molecule has 1 amide bonds. The highest BCUT2D eigenvalue weighted by molar-refractivity contribution is 7.94. The Balaban J connectivity index is 2.37. The summed E-state index contributed by atoms with van der Waals surface area (Å²) in [5, 5.41) is 0.441. The maximum Gasteiger partial charge on any atom is 0.245 e. The van der Waals surface area contributed by atoms with Gasteiger partial charge in [-0.15, -0.1) is 11.6 Å². The number of benzene rings is 1. The number of para-hydroxylation sites is 1. The molecule has 2 rings (SSSR count). The van der Waals surface area contributed by atoms with Gasteiger partial charge in [-0.3, -0.25) is 4.79 Å². The summed E-state index contributed by atoms with van der Waals surface area (Å²) in [6.07, 6.45) is 1.53. The molecule has 0 aromatic heterocycles. The first kappa shape index (κ1) is 14.1. The minimum absolute atomic E-state index is 0.1000. The third-order valence-corrected chi connectivity index (χ3v) is 4.42. The van der Waals surface area contributed by atoms with Crippen LogP contribution in [0.5, 0.6) is 0 Å². The maximum absolute atomic E-state index is 12.2. The van der Waals surface area contributed by atoms with Crippen LogP contribution in [-0.2, 0) is 14.6 Å². The topological polar surface area (TPSA) is 54.5 Å². The summed E-state index contributed by atoms with van der Waals surface area (Å²) >= 11 is 5.86. The molecule has 0 saturated carbocycles. The van der Waals surface area contributed by atoms with Gasteiger partial charge in [0.15, 0.2) is 9.84 Å². The van der Waals surface area contributed by atoms with Crippen molar-refractivity contribution in [2.75, 3.05) is 10.7 Å². The standard InChI is InChI=1S/C13H14ClNO3S/c1-10(14)13(16)15(11-5-3-2-4-6-11)12-7-8-19(17,18)9-12/h2-8,10,12H,9H2,1H3. The molecule has 1 aromatic carbocycles. The Morgan fingerprint density at radius 3 is 2.47 bits per heavy atom. The third kappa shape index (κ3) is 3.16. The number of carbonyl (C=O) groups excluding carboxylic acids is 1. The van der Waals surface area contributed by atoms with E-state index in [0.717, 1.165) is 5.41 Å². The van der Waals surface area contributed by atoms with Crippen molar-refractivity contribution in [2.45, 2.75) is 18.3 Å². The molecule has 0 bridgehead atoms. The van der Waals surface area contributed by atoms with E-state index in [1.54, 1.807) is 31.2 Å². The van der Waals surface area contributed by atoms with Gasteiger partial charge in [0, 0.05) is 11.1 Å². The Labute approximate surface area is 117 Å². The predicted octanol–water partition coefficient (Wildman–Crippen LogP) is 1.96. The lowest BCUT2D eigenvalue weighted by Crippen LogP contribution is -2.44. The number of amides is 1.